The summed E-state index contributed by atoms with van der Waals surface area (Å²) >= 11 is 0. The molecule has 1 fully saturated rings. The lowest BCUT2D eigenvalue weighted by Crippen LogP contribution is -2.40. The highest BCUT2D eigenvalue weighted by molar-refractivity contribution is 7.89. The van der Waals surface area contributed by atoms with E-state index in [0.717, 1.165) is 6.42 Å². The van der Waals surface area contributed by atoms with Gasteiger partial charge >= 0.3 is 0 Å². The molecule has 2 heterocycles. The molecule has 1 N–H and O–H groups in total. The summed E-state index contributed by atoms with van der Waals surface area (Å²) in [6, 6.07) is 8.26. The van der Waals surface area contributed by atoms with Crippen LogP contribution in [0.5, 0.6) is 0 Å². The molecule has 150 valence electrons. The molecule has 10 heteroatoms. The summed E-state index contributed by atoms with van der Waals surface area (Å²) in [7, 11) is -1.94. The Bertz CT molecular complexity index is 928. The van der Waals surface area contributed by atoms with E-state index < -0.39 is 10.0 Å². The van der Waals surface area contributed by atoms with E-state index in [4.69, 9.17) is 13.9 Å². The second kappa shape index (κ2) is 9.16. The zero-order chi connectivity index (χ0) is 20.0. The average molecular weight is 406 g/mol. The minimum atomic E-state index is -3.56. The third-order valence-corrected chi connectivity index (χ3v) is 6.17. The fraction of sp³-hybridized carbons (Fsp3) is 0.444. The van der Waals surface area contributed by atoms with Crippen molar-refractivity contribution in [2.45, 2.75) is 11.3 Å². The largest absolute Gasteiger partial charge is 0.419 e. The Balaban J connectivity index is 1.76. The van der Waals surface area contributed by atoms with E-state index in [0.29, 0.717) is 50.9 Å². The van der Waals surface area contributed by atoms with Crippen LogP contribution < -0.4 is 5.32 Å². The normalized spacial score (nSPS) is 15.3. The van der Waals surface area contributed by atoms with Crippen LogP contribution in [0.15, 0.2) is 33.6 Å². The number of hydrogen-bond donors (Lipinski definition) is 1. The quantitative estimate of drug-likeness (QED) is 0.658. The Kier molecular flexibility index (Phi) is 6.64. The van der Waals surface area contributed by atoms with Crippen molar-refractivity contribution in [3.63, 3.8) is 0 Å². The number of sulfonamides is 1. The van der Waals surface area contributed by atoms with Crippen molar-refractivity contribution >= 4 is 15.9 Å². The highest BCUT2D eigenvalue weighted by Crippen LogP contribution is 2.27. The number of aromatic nitrogens is 1. The van der Waals surface area contributed by atoms with Gasteiger partial charge in [0.2, 0.25) is 27.5 Å². The van der Waals surface area contributed by atoms with Crippen molar-refractivity contribution in [2.75, 3.05) is 51.9 Å². The van der Waals surface area contributed by atoms with E-state index in [1.807, 2.05) is 6.07 Å². The molecule has 1 aliphatic rings. The zero-order valence-electron chi connectivity index (χ0n) is 15.6. The summed E-state index contributed by atoms with van der Waals surface area (Å²) in [5.74, 6) is 0.541. The lowest BCUT2D eigenvalue weighted by molar-refractivity contribution is 0.0730. The maximum atomic E-state index is 12.7. The van der Waals surface area contributed by atoms with Crippen molar-refractivity contribution in [3.05, 3.63) is 30.0 Å². The standard InChI is InChI=1S/C18H22N4O5S/c1-25-10-2-7-20-18-16(13-19)21-17(27-18)14-3-5-15(6-4-14)28(23,24)22-8-11-26-12-9-22/h3-6,20H,2,7-12H2,1H3. The predicted octanol–water partition coefficient (Wildman–Crippen LogP) is 1.68. The third kappa shape index (κ3) is 4.51. The molecule has 1 aromatic carbocycles. The van der Waals surface area contributed by atoms with Crippen molar-refractivity contribution < 1.29 is 22.3 Å². The Morgan fingerprint density at radius 2 is 2.00 bits per heavy atom. The second-order valence-electron chi connectivity index (χ2n) is 6.12. The van der Waals surface area contributed by atoms with Crippen LogP contribution in [0.1, 0.15) is 12.1 Å². The Labute approximate surface area is 163 Å². The molecule has 0 saturated carbocycles. The number of nitrogens with zero attached hydrogens (tertiary/aromatic N) is 3. The van der Waals surface area contributed by atoms with Gasteiger partial charge < -0.3 is 19.2 Å². The molecular formula is C18H22N4O5S. The van der Waals surface area contributed by atoms with E-state index in [1.165, 1.54) is 16.4 Å². The predicted molar refractivity (Wildman–Crippen MR) is 101 cm³/mol. The number of rotatable bonds is 8. The first kappa shape index (κ1) is 20.3. The van der Waals surface area contributed by atoms with Crippen LogP contribution >= 0.6 is 0 Å². The number of hydrogen-bond acceptors (Lipinski definition) is 8. The molecule has 1 saturated heterocycles. The average Bonchev–Trinajstić information content (AvgIpc) is 3.15. The molecule has 3 rings (SSSR count). The molecule has 9 nitrogen and oxygen atoms in total. The summed E-state index contributed by atoms with van der Waals surface area (Å²) in [5, 5.41) is 12.3. The van der Waals surface area contributed by atoms with Gasteiger partial charge in [-0.05, 0) is 30.7 Å². The van der Waals surface area contributed by atoms with Gasteiger partial charge in [0.1, 0.15) is 6.07 Å². The Morgan fingerprint density at radius 1 is 1.29 bits per heavy atom. The van der Waals surface area contributed by atoms with Gasteiger partial charge in [-0.2, -0.15) is 14.6 Å². The molecule has 0 unspecified atom stereocenters. The fourth-order valence-corrected chi connectivity index (χ4v) is 4.17. The van der Waals surface area contributed by atoms with Gasteiger partial charge in [0.15, 0.2) is 0 Å². The van der Waals surface area contributed by atoms with E-state index in [2.05, 4.69) is 10.3 Å². The number of ether oxygens (including phenoxy) is 2. The molecule has 1 aliphatic heterocycles. The zero-order valence-corrected chi connectivity index (χ0v) is 16.4. The smallest absolute Gasteiger partial charge is 0.243 e. The summed E-state index contributed by atoms with van der Waals surface area (Å²) in [6.07, 6.45) is 0.755. The van der Waals surface area contributed by atoms with Crippen LogP contribution in [-0.2, 0) is 19.5 Å². The van der Waals surface area contributed by atoms with E-state index in [1.54, 1.807) is 19.2 Å². The number of nitrogens with one attached hydrogen (secondary N) is 1. The number of benzene rings is 1. The second-order valence-corrected chi connectivity index (χ2v) is 8.06. The monoisotopic (exact) mass is 406 g/mol. The Morgan fingerprint density at radius 3 is 2.64 bits per heavy atom. The minimum absolute atomic E-state index is 0.150. The molecule has 0 bridgehead atoms. The van der Waals surface area contributed by atoms with Crippen LogP contribution in [0, 0.1) is 11.3 Å². The highest BCUT2D eigenvalue weighted by atomic mass is 32.2. The first-order valence-electron chi connectivity index (χ1n) is 8.88. The first-order valence-corrected chi connectivity index (χ1v) is 10.3. The van der Waals surface area contributed by atoms with Crippen LogP contribution in [-0.4, -0.2) is 64.3 Å². The molecule has 28 heavy (non-hydrogen) atoms. The van der Waals surface area contributed by atoms with Crippen LogP contribution in [0.2, 0.25) is 0 Å². The maximum absolute atomic E-state index is 12.7. The van der Waals surface area contributed by atoms with Crippen molar-refractivity contribution in [1.29, 1.82) is 5.26 Å². The van der Waals surface area contributed by atoms with E-state index in [9.17, 15) is 13.7 Å². The third-order valence-electron chi connectivity index (χ3n) is 4.25. The lowest BCUT2D eigenvalue weighted by atomic mass is 10.2. The molecule has 2 aromatic rings. The van der Waals surface area contributed by atoms with Crippen LogP contribution in [0.3, 0.4) is 0 Å². The van der Waals surface area contributed by atoms with E-state index >= 15 is 0 Å². The summed E-state index contributed by atoms with van der Waals surface area (Å²) < 4.78 is 42.6. The van der Waals surface area contributed by atoms with Gasteiger partial charge in [0.25, 0.3) is 0 Å². The number of methoxy groups -OCH3 is 1. The van der Waals surface area contributed by atoms with Crippen LogP contribution in [0.4, 0.5) is 5.88 Å². The lowest BCUT2D eigenvalue weighted by Gasteiger charge is -2.26. The number of morpholine rings is 1. The van der Waals surface area contributed by atoms with Crippen LogP contribution in [0.25, 0.3) is 11.5 Å². The van der Waals surface area contributed by atoms with Gasteiger partial charge in [0, 0.05) is 38.9 Å². The SMILES string of the molecule is COCCCNc1oc(-c2ccc(S(=O)(=O)N3CCOCC3)cc2)nc1C#N. The maximum Gasteiger partial charge on any atom is 0.243 e. The number of anilines is 1. The molecule has 0 spiro atoms. The summed E-state index contributed by atoms with van der Waals surface area (Å²) in [5.41, 5.74) is 0.736. The minimum Gasteiger partial charge on any atom is -0.419 e. The molecule has 0 amide bonds. The molecule has 0 radical (unpaired) electrons. The molecule has 0 atom stereocenters. The fourth-order valence-electron chi connectivity index (χ4n) is 2.76. The van der Waals surface area contributed by atoms with Crippen molar-refractivity contribution in [2.24, 2.45) is 0 Å². The molecule has 1 aromatic heterocycles. The Hall–Kier alpha value is -2.45. The highest BCUT2D eigenvalue weighted by Gasteiger charge is 2.26. The molecule has 0 aliphatic carbocycles. The topological polar surface area (TPSA) is 118 Å². The first-order chi connectivity index (χ1) is 13.6. The summed E-state index contributed by atoms with van der Waals surface area (Å²) in [4.78, 5) is 4.38. The van der Waals surface area contributed by atoms with Gasteiger partial charge in [-0.25, -0.2) is 8.42 Å². The van der Waals surface area contributed by atoms with E-state index in [-0.39, 0.29) is 16.5 Å². The van der Waals surface area contributed by atoms with Gasteiger partial charge in [-0.1, -0.05) is 0 Å². The number of nitriles is 1. The summed E-state index contributed by atoms with van der Waals surface area (Å²) in [6.45, 7) is 2.64. The number of oxazole rings is 1. The van der Waals surface area contributed by atoms with Gasteiger partial charge in [-0.3, -0.25) is 0 Å². The molecular weight excluding hydrogens is 384 g/mol. The van der Waals surface area contributed by atoms with Crippen molar-refractivity contribution in [1.82, 2.24) is 9.29 Å². The van der Waals surface area contributed by atoms with Crippen molar-refractivity contribution in [3.8, 4) is 17.5 Å². The van der Waals surface area contributed by atoms with Gasteiger partial charge in [-0.15, -0.1) is 0 Å². The van der Waals surface area contributed by atoms with Gasteiger partial charge in [0.05, 0.1) is 18.1 Å².